The Balaban J connectivity index is 1.31. The van der Waals surface area contributed by atoms with Crippen LogP contribution in [0.15, 0.2) is 48.5 Å². The standard InChI is InChI=1S/C27H34N2O3/c1-20-5-7-21(8-6-20)11-14-26(30)29-16-3-4-23-19-28(17-15-25(23)29)27(31)18-22-9-12-24(32-2)13-10-22/h5-10,12-13,23,25H,3-4,11,14-19H2,1-2H3/t23-,25+/m1/s1. The third-order valence-electron chi connectivity index (χ3n) is 7.00. The summed E-state index contributed by atoms with van der Waals surface area (Å²) in [5.74, 6) is 1.63. The maximum absolute atomic E-state index is 13.0. The average Bonchev–Trinajstić information content (AvgIpc) is 2.83. The Hall–Kier alpha value is -2.82. The Morgan fingerprint density at radius 3 is 2.38 bits per heavy atom. The smallest absolute Gasteiger partial charge is 0.227 e. The number of aryl methyl sites for hydroxylation is 2. The van der Waals surface area contributed by atoms with Crippen molar-refractivity contribution < 1.29 is 14.3 Å². The van der Waals surface area contributed by atoms with Crippen LogP contribution in [0.2, 0.25) is 0 Å². The first kappa shape index (κ1) is 22.4. The fraction of sp³-hybridized carbons (Fsp3) is 0.481. The van der Waals surface area contributed by atoms with Gasteiger partial charge in [0.1, 0.15) is 5.75 Å². The number of amides is 2. The lowest BCUT2D eigenvalue weighted by Crippen LogP contribution is -2.56. The highest BCUT2D eigenvalue weighted by molar-refractivity contribution is 5.79. The highest BCUT2D eigenvalue weighted by Crippen LogP contribution is 2.31. The van der Waals surface area contributed by atoms with E-state index in [1.807, 2.05) is 29.2 Å². The molecule has 5 heteroatoms. The molecule has 2 heterocycles. The first-order chi connectivity index (χ1) is 15.5. The van der Waals surface area contributed by atoms with Crippen LogP contribution >= 0.6 is 0 Å². The fourth-order valence-electron chi connectivity index (χ4n) is 5.12. The van der Waals surface area contributed by atoms with E-state index in [1.54, 1.807) is 7.11 Å². The zero-order chi connectivity index (χ0) is 22.5. The van der Waals surface area contributed by atoms with Crippen LogP contribution in [0.4, 0.5) is 0 Å². The van der Waals surface area contributed by atoms with Crippen molar-refractivity contribution in [2.45, 2.75) is 51.5 Å². The van der Waals surface area contributed by atoms with E-state index < -0.39 is 0 Å². The Bertz CT molecular complexity index is 923. The molecule has 0 aromatic heterocycles. The number of carbonyl (C=O) groups is 2. The van der Waals surface area contributed by atoms with E-state index in [9.17, 15) is 9.59 Å². The van der Waals surface area contributed by atoms with Crippen molar-refractivity contribution in [3.8, 4) is 5.75 Å². The molecule has 2 aromatic rings. The number of likely N-dealkylation sites (tertiary alicyclic amines) is 2. The van der Waals surface area contributed by atoms with Gasteiger partial charge in [0, 0.05) is 32.1 Å². The monoisotopic (exact) mass is 434 g/mol. The third kappa shape index (κ3) is 5.32. The highest BCUT2D eigenvalue weighted by Gasteiger charge is 2.38. The van der Waals surface area contributed by atoms with Gasteiger partial charge in [0.25, 0.3) is 0 Å². The lowest BCUT2D eigenvalue weighted by molar-refractivity contribution is -0.141. The van der Waals surface area contributed by atoms with Crippen LogP contribution in [0.25, 0.3) is 0 Å². The molecule has 0 N–H and O–H groups in total. The average molecular weight is 435 g/mol. The maximum Gasteiger partial charge on any atom is 0.227 e. The number of hydrogen-bond donors (Lipinski definition) is 0. The van der Waals surface area contributed by atoms with E-state index in [4.69, 9.17) is 4.74 Å². The molecule has 2 fully saturated rings. The summed E-state index contributed by atoms with van der Waals surface area (Å²) >= 11 is 0. The molecular formula is C27H34N2O3. The number of hydrogen-bond acceptors (Lipinski definition) is 3. The van der Waals surface area contributed by atoms with Gasteiger partial charge in [0.2, 0.25) is 11.8 Å². The van der Waals surface area contributed by atoms with Crippen molar-refractivity contribution >= 4 is 11.8 Å². The number of carbonyl (C=O) groups excluding carboxylic acids is 2. The SMILES string of the molecule is COc1ccc(CC(=O)N2CC[C@H]3[C@H](CCCN3C(=O)CCc3ccc(C)cc3)C2)cc1. The van der Waals surface area contributed by atoms with Gasteiger partial charge in [-0.15, -0.1) is 0 Å². The van der Waals surface area contributed by atoms with Crippen LogP contribution in [-0.4, -0.2) is 54.4 Å². The van der Waals surface area contributed by atoms with Gasteiger partial charge in [0.15, 0.2) is 0 Å². The molecule has 5 nitrogen and oxygen atoms in total. The molecule has 0 unspecified atom stereocenters. The number of benzene rings is 2. The van der Waals surface area contributed by atoms with Gasteiger partial charge in [-0.2, -0.15) is 0 Å². The Labute approximate surface area is 191 Å². The van der Waals surface area contributed by atoms with Gasteiger partial charge in [-0.3, -0.25) is 9.59 Å². The molecule has 2 aliphatic rings. The first-order valence-corrected chi connectivity index (χ1v) is 11.8. The molecule has 0 spiro atoms. The van der Waals surface area contributed by atoms with Crippen molar-refractivity contribution in [2.24, 2.45) is 5.92 Å². The summed E-state index contributed by atoms with van der Waals surface area (Å²) in [7, 11) is 1.64. The van der Waals surface area contributed by atoms with Crippen molar-refractivity contribution in [1.82, 2.24) is 9.80 Å². The predicted octanol–water partition coefficient (Wildman–Crippen LogP) is 4.02. The van der Waals surface area contributed by atoms with Crippen LogP contribution in [0.3, 0.4) is 0 Å². The molecule has 0 aliphatic carbocycles. The summed E-state index contributed by atoms with van der Waals surface area (Å²) < 4.78 is 5.20. The van der Waals surface area contributed by atoms with Crippen LogP contribution in [0.1, 0.15) is 42.4 Å². The molecule has 2 amide bonds. The van der Waals surface area contributed by atoms with E-state index in [0.717, 1.165) is 56.6 Å². The number of methoxy groups -OCH3 is 1. The molecule has 0 saturated carbocycles. The molecule has 2 aromatic carbocycles. The lowest BCUT2D eigenvalue weighted by Gasteiger charge is -2.47. The summed E-state index contributed by atoms with van der Waals surface area (Å²) in [4.78, 5) is 30.1. The summed E-state index contributed by atoms with van der Waals surface area (Å²) in [5, 5.41) is 0. The molecule has 2 aliphatic heterocycles. The number of fused-ring (bicyclic) bond motifs is 1. The van der Waals surface area contributed by atoms with Crippen LogP contribution in [0.5, 0.6) is 5.75 Å². The van der Waals surface area contributed by atoms with E-state index in [0.29, 0.717) is 18.8 Å². The third-order valence-corrected chi connectivity index (χ3v) is 7.00. The van der Waals surface area contributed by atoms with E-state index in [-0.39, 0.29) is 17.9 Å². The molecular weight excluding hydrogens is 400 g/mol. The Kier molecular flexibility index (Phi) is 7.13. The second kappa shape index (κ2) is 10.2. The van der Waals surface area contributed by atoms with Crippen molar-refractivity contribution in [3.05, 3.63) is 65.2 Å². The topological polar surface area (TPSA) is 49.9 Å². The van der Waals surface area contributed by atoms with Crippen molar-refractivity contribution in [2.75, 3.05) is 26.7 Å². The Morgan fingerprint density at radius 2 is 1.66 bits per heavy atom. The van der Waals surface area contributed by atoms with Crippen LogP contribution < -0.4 is 4.74 Å². The highest BCUT2D eigenvalue weighted by atomic mass is 16.5. The Morgan fingerprint density at radius 1 is 0.938 bits per heavy atom. The number of piperidine rings is 2. The summed E-state index contributed by atoms with van der Waals surface area (Å²) in [6.07, 6.45) is 4.78. The van der Waals surface area contributed by atoms with Gasteiger partial charge in [-0.05, 0) is 61.8 Å². The van der Waals surface area contributed by atoms with E-state index in [1.165, 1.54) is 11.1 Å². The molecule has 2 saturated heterocycles. The molecule has 0 radical (unpaired) electrons. The number of nitrogens with zero attached hydrogens (tertiary/aromatic N) is 2. The number of ether oxygens (including phenoxy) is 1. The maximum atomic E-state index is 13.0. The molecule has 0 bridgehead atoms. The number of rotatable bonds is 6. The molecule has 4 rings (SSSR count). The lowest BCUT2D eigenvalue weighted by atomic mass is 9.83. The van der Waals surface area contributed by atoms with Crippen molar-refractivity contribution in [1.29, 1.82) is 0 Å². The second-order valence-electron chi connectivity index (χ2n) is 9.20. The van der Waals surface area contributed by atoms with Gasteiger partial charge in [0.05, 0.1) is 13.5 Å². The van der Waals surface area contributed by atoms with E-state index >= 15 is 0 Å². The zero-order valence-electron chi connectivity index (χ0n) is 19.3. The minimum Gasteiger partial charge on any atom is -0.497 e. The largest absolute Gasteiger partial charge is 0.497 e. The van der Waals surface area contributed by atoms with Gasteiger partial charge in [-0.25, -0.2) is 0 Å². The zero-order valence-corrected chi connectivity index (χ0v) is 19.3. The van der Waals surface area contributed by atoms with Gasteiger partial charge < -0.3 is 14.5 Å². The van der Waals surface area contributed by atoms with E-state index in [2.05, 4.69) is 36.1 Å². The van der Waals surface area contributed by atoms with Gasteiger partial charge >= 0.3 is 0 Å². The second-order valence-corrected chi connectivity index (χ2v) is 9.20. The molecule has 2 atom stereocenters. The predicted molar refractivity (Wildman–Crippen MR) is 126 cm³/mol. The van der Waals surface area contributed by atoms with Crippen molar-refractivity contribution in [3.63, 3.8) is 0 Å². The van der Waals surface area contributed by atoms with Crippen LogP contribution in [-0.2, 0) is 22.4 Å². The fourth-order valence-corrected chi connectivity index (χ4v) is 5.12. The minimum absolute atomic E-state index is 0.177. The minimum atomic E-state index is 0.177. The first-order valence-electron chi connectivity index (χ1n) is 11.8. The van der Waals surface area contributed by atoms with Crippen LogP contribution in [0, 0.1) is 12.8 Å². The summed E-state index contributed by atoms with van der Waals surface area (Å²) in [6.45, 7) is 4.43. The molecule has 170 valence electrons. The summed E-state index contributed by atoms with van der Waals surface area (Å²) in [5.41, 5.74) is 3.47. The quantitative estimate of drug-likeness (QED) is 0.690. The molecule has 32 heavy (non-hydrogen) atoms. The summed E-state index contributed by atoms with van der Waals surface area (Å²) in [6, 6.07) is 16.4. The normalized spacial score (nSPS) is 20.6. The van der Waals surface area contributed by atoms with Gasteiger partial charge in [-0.1, -0.05) is 42.0 Å².